The highest BCUT2D eigenvalue weighted by Gasteiger charge is 2.34. The van der Waals surface area contributed by atoms with Crippen molar-refractivity contribution in [1.29, 1.82) is 0 Å². The molecule has 0 bridgehead atoms. The summed E-state index contributed by atoms with van der Waals surface area (Å²) in [6, 6.07) is 5.44. The van der Waals surface area contributed by atoms with Gasteiger partial charge in [0.15, 0.2) is 0 Å². The number of hydrogen-bond acceptors (Lipinski definition) is 3. The van der Waals surface area contributed by atoms with E-state index in [0.717, 1.165) is 19.4 Å². The second-order valence-corrected chi connectivity index (χ2v) is 5.26. The molecule has 1 saturated carbocycles. The topological polar surface area (TPSA) is 38.5 Å². The fourth-order valence-corrected chi connectivity index (χ4v) is 2.60. The molecule has 2 N–H and O–H groups in total. The summed E-state index contributed by atoms with van der Waals surface area (Å²) >= 11 is 5.86. The molecule has 2 rings (SSSR count). The molecule has 1 aliphatic carbocycles. The SMILES string of the molecule is COCCN(C1CC1)C(CN)c1cccc(Cl)c1F. The van der Waals surface area contributed by atoms with E-state index < -0.39 is 0 Å². The molecule has 0 aromatic heterocycles. The summed E-state index contributed by atoms with van der Waals surface area (Å²) in [7, 11) is 1.67. The number of methoxy groups -OCH3 is 1. The first kappa shape index (κ1) is 14.7. The summed E-state index contributed by atoms with van der Waals surface area (Å²) in [5.41, 5.74) is 6.45. The van der Waals surface area contributed by atoms with Crippen molar-refractivity contribution in [1.82, 2.24) is 4.90 Å². The molecule has 0 heterocycles. The molecule has 3 nitrogen and oxygen atoms in total. The Bertz CT molecular complexity index is 426. The minimum atomic E-state index is -0.359. The Balaban J connectivity index is 2.23. The number of benzene rings is 1. The van der Waals surface area contributed by atoms with E-state index in [1.165, 1.54) is 0 Å². The molecule has 1 atom stereocenters. The van der Waals surface area contributed by atoms with E-state index in [9.17, 15) is 4.39 Å². The monoisotopic (exact) mass is 286 g/mol. The highest BCUT2D eigenvalue weighted by Crippen LogP contribution is 2.35. The molecule has 1 fully saturated rings. The van der Waals surface area contributed by atoms with Crippen LogP contribution in [-0.4, -0.2) is 37.7 Å². The van der Waals surface area contributed by atoms with Crippen molar-refractivity contribution < 1.29 is 9.13 Å². The van der Waals surface area contributed by atoms with Gasteiger partial charge in [-0.3, -0.25) is 4.90 Å². The number of hydrogen-bond donors (Lipinski definition) is 1. The first-order chi connectivity index (χ1) is 9.19. The van der Waals surface area contributed by atoms with Crippen molar-refractivity contribution in [2.75, 3.05) is 26.8 Å². The van der Waals surface area contributed by atoms with Crippen LogP contribution in [0.1, 0.15) is 24.4 Å². The van der Waals surface area contributed by atoms with Crippen LogP contribution >= 0.6 is 11.6 Å². The van der Waals surface area contributed by atoms with Crippen LogP contribution in [-0.2, 0) is 4.74 Å². The van der Waals surface area contributed by atoms with E-state index in [4.69, 9.17) is 22.1 Å². The lowest BCUT2D eigenvalue weighted by Gasteiger charge is -2.31. The highest BCUT2D eigenvalue weighted by atomic mass is 35.5. The van der Waals surface area contributed by atoms with E-state index >= 15 is 0 Å². The number of nitrogens with zero attached hydrogens (tertiary/aromatic N) is 1. The molecule has 1 aliphatic rings. The molecular weight excluding hydrogens is 267 g/mol. The van der Waals surface area contributed by atoms with Gasteiger partial charge in [-0.1, -0.05) is 23.7 Å². The molecule has 0 radical (unpaired) electrons. The van der Waals surface area contributed by atoms with Gasteiger partial charge in [-0.15, -0.1) is 0 Å². The zero-order valence-corrected chi connectivity index (χ0v) is 11.9. The van der Waals surface area contributed by atoms with Gasteiger partial charge >= 0.3 is 0 Å². The fourth-order valence-electron chi connectivity index (χ4n) is 2.41. The maximum Gasteiger partial charge on any atom is 0.146 e. The van der Waals surface area contributed by atoms with Crippen molar-refractivity contribution in [3.05, 3.63) is 34.6 Å². The van der Waals surface area contributed by atoms with Crippen molar-refractivity contribution in [3.63, 3.8) is 0 Å². The minimum absolute atomic E-state index is 0.138. The number of halogens is 2. The van der Waals surface area contributed by atoms with E-state index in [-0.39, 0.29) is 16.9 Å². The van der Waals surface area contributed by atoms with Gasteiger partial charge in [0.25, 0.3) is 0 Å². The van der Waals surface area contributed by atoms with Gasteiger partial charge in [0.2, 0.25) is 0 Å². The average molecular weight is 287 g/mol. The Hall–Kier alpha value is -0.680. The summed E-state index contributed by atoms with van der Waals surface area (Å²) in [5.74, 6) is -0.359. The molecule has 5 heteroatoms. The van der Waals surface area contributed by atoms with Gasteiger partial charge in [-0.2, -0.15) is 0 Å². The lowest BCUT2D eigenvalue weighted by atomic mass is 10.0. The Morgan fingerprint density at radius 1 is 1.53 bits per heavy atom. The zero-order chi connectivity index (χ0) is 13.8. The number of ether oxygens (including phenoxy) is 1. The van der Waals surface area contributed by atoms with Crippen LogP contribution < -0.4 is 5.73 Å². The summed E-state index contributed by atoms with van der Waals surface area (Å²) in [4.78, 5) is 2.23. The Labute approximate surface area is 118 Å². The quantitative estimate of drug-likeness (QED) is 0.837. The van der Waals surface area contributed by atoms with Gasteiger partial charge in [0.1, 0.15) is 5.82 Å². The number of nitrogens with two attached hydrogens (primary N) is 1. The predicted octanol–water partition coefficient (Wildman–Crippen LogP) is 2.59. The molecule has 1 unspecified atom stereocenters. The van der Waals surface area contributed by atoms with Crippen molar-refractivity contribution in [3.8, 4) is 0 Å². The first-order valence-electron chi connectivity index (χ1n) is 6.57. The second-order valence-electron chi connectivity index (χ2n) is 4.86. The smallest absolute Gasteiger partial charge is 0.146 e. The summed E-state index contributed by atoms with van der Waals surface area (Å²) < 4.78 is 19.3. The predicted molar refractivity (Wildman–Crippen MR) is 74.8 cm³/mol. The Morgan fingerprint density at radius 3 is 2.84 bits per heavy atom. The summed E-state index contributed by atoms with van der Waals surface area (Å²) in [6.45, 7) is 1.75. The van der Waals surface area contributed by atoms with Crippen LogP contribution in [0, 0.1) is 5.82 Å². The first-order valence-corrected chi connectivity index (χ1v) is 6.95. The lowest BCUT2D eigenvalue weighted by molar-refractivity contribution is 0.114. The molecule has 1 aromatic carbocycles. The van der Waals surface area contributed by atoms with Crippen LogP contribution in [0.3, 0.4) is 0 Å². The van der Waals surface area contributed by atoms with Gasteiger partial charge in [-0.25, -0.2) is 4.39 Å². The van der Waals surface area contributed by atoms with Crippen LogP contribution in [0.2, 0.25) is 5.02 Å². The Kier molecular flexibility index (Phi) is 5.16. The molecule has 0 saturated heterocycles. The molecule has 106 valence electrons. The van der Waals surface area contributed by atoms with Gasteiger partial charge in [0.05, 0.1) is 17.7 Å². The average Bonchev–Trinajstić information content (AvgIpc) is 3.23. The highest BCUT2D eigenvalue weighted by molar-refractivity contribution is 6.30. The summed E-state index contributed by atoms with van der Waals surface area (Å²) in [6.07, 6.45) is 2.28. The van der Waals surface area contributed by atoms with E-state index in [0.29, 0.717) is 24.8 Å². The van der Waals surface area contributed by atoms with Crippen LogP contribution in [0.15, 0.2) is 18.2 Å². The van der Waals surface area contributed by atoms with Crippen molar-refractivity contribution in [2.24, 2.45) is 5.73 Å². The van der Waals surface area contributed by atoms with E-state index in [1.807, 2.05) is 0 Å². The molecular formula is C14H20ClFN2O. The largest absolute Gasteiger partial charge is 0.383 e. The zero-order valence-electron chi connectivity index (χ0n) is 11.1. The third-order valence-corrected chi connectivity index (χ3v) is 3.83. The minimum Gasteiger partial charge on any atom is -0.383 e. The van der Waals surface area contributed by atoms with Crippen LogP contribution in [0.4, 0.5) is 4.39 Å². The number of rotatable bonds is 7. The third kappa shape index (κ3) is 3.45. The Morgan fingerprint density at radius 2 is 2.26 bits per heavy atom. The van der Waals surface area contributed by atoms with Gasteiger partial charge in [0, 0.05) is 31.8 Å². The lowest BCUT2D eigenvalue weighted by Crippen LogP contribution is -2.38. The second kappa shape index (κ2) is 6.66. The molecule has 0 aliphatic heterocycles. The third-order valence-electron chi connectivity index (χ3n) is 3.53. The maximum atomic E-state index is 14.2. The van der Waals surface area contributed by atoms with Crippen molar-refractivity contribution >= 4 is 11.6 Å². The van der Waals surface area contributed by atoms with Crippen molar-refractivity contribution in [2.45, 2.75) is 24.9 Å². The summed E-state index contributed by atoms with van der Waals surface area (Å²) in [5, 5.41) is 0.151. The standard InChI is InChI=1S/C14H20ClFN2O/c1-19-8-7-18(10-5-6-10)13(9-17)11-3-2-4-12(15)14(11)16/h2-4,10,13H,5-9,17H2,1H3. The van der Waals surface area contributed by atoms with Crippen LogP contribution in [0.5, 0.6) is 0 Å². The maximum absolute atomic E-state index is 14.2. The molecule has 0 spiro atoms. The van der Waals surface area contributed by atoms with E-state index in [1.54, 1.807) is 25.3 Å². The molecule has 1 aromatic rings. The normalized spacial score (nSPS) is 16.9. The molecule has 19 heavy (non-hydrogen) atoms. The molecule has 0 amide bonds. The van der Waals surface area contributed by atoms with Gasteiger partial charge < -0.3 is 10.5 Å². The van der Waals surface area contributed by atoms with Gasteiger partial charge in [-0.05, 0) is 18.9 Å². The fraction of sp³-hybridized carbons (Fsp3) is 0.571. The van der Waals surface area contributed by atoms with E-state index in [2.05, 4.69) is 4.90 Å². The van der Waals surface area contributed by atoms with Crippen LogP contribution in [0.25, 0.3) is 0 Å².